The maximum absolute atomic E-state index is 8.44. The average Bonchev–Trinajstić information content (AvgIpc) is 2.45. The van der Waals surface area contributed by atoms with Gasteiger partial charge in [0.1, 0.15) is 16.4 Å². The van der Waals surface area contributed by atoms with Crippen LogP contribution in [0.15, 0.2) is 41.0 Å². The maximum atomic E-state index is 8.44. The van der Waals surface area contributed by atoms with Gasteiger partial charge in [0, 0.05) is 6.54 Å². The molecule has 1 aromatic carbocycles. The van der Waals surface area contributed by atoms with E-state index in [0.29, 0.717) is 12.3 Å². The van der Waals surface area contributed by atoms with Crippen molar-refractivity contribution in [3.63, 3.8) is 0 Å². The standard InChI is InChI=1S/C15H14BrN3O/c1-11-14(6-7-15(16)19-11)18-10-12-2-4-13(5-3-12)20-9-8-17/h2-7,18H,9-10H2,1H3. The summed E-state index contributed by atoms with van der Waals surface area (Å²) < 4.78 is 6.04. The predicted molar refractivity (Wildman–Crippen MR) is 81.6 cm³/mol. The number of halogens is 1. The van der Waals surface area contributed by atoms with Crippen molar-refractivity contribution in [2.75, 3.05) is 11.9 Å². The number of aryl methyl sites for hydroxylation is 1. The second-order valence-electron chi connectivity index (χ2n) is 4.21. The molecule has 1 heterocycles. The van der Waals surface area contributed by atoms with Crippen LogP contribution in [0.25, 0.3) is 0 Å². The number of ether oxygens (including phenoxy) is 1. The quantitative estimate of drug-likeness (QED) is 0.849. The van der Waals surface area contributed by atoms with Crippen LogP contribution in [0.4, 0.5) is 5.69 Å². The molecule has 0 saturated carbocycles. The molecule has 0 spiro atoms. The number of anilines is 1. The number of benzene rings is 1. The molecule has 102 valence electrons. The Morgan fingerprint density at radius 2 is 2.00 bits per heavy atom. The highest BCUT2D eigenvalue weighted by molar-refractivity contribution is 9.10. The molecule has 0 aliphatic heterocycles. The minimum Gasteiger partial charge on any atom is -0.479 e. The third-order valence-electron chi connectivity index (χ3n) is 2.76. The van der Waals surface area contributed by atoms with Crippen LogP contribution in [-0.4, -0.2) is 11.6 Å². The highest BCUT2D eigenvalue weighted by Crippen LogP contribution is 2.18. The van der Waals surface area contributed by atoms with Gasteiger partial charge in [-0.25, -0.2) is 4.98 Å². The monoisotopic (exact) mass is 331 g/mol. The second-order valence-corrected chi connectivity index (χ2v) is 5.02. The largest absolute Gasteiger partial charge is 0.479 e. The Labute approximate surface area is 126 Å². The van der Waals surface area contributed by atoms with Gasteiger partial charge >= 0.3 is 0 Å². The first kappa shape index (κ1) is 14.4. The van der Waals surface area contributed by atoms with E-state index >= 15 is 0 Å². The summed E-state index contributed by atoms with van der Waals surface area (Å²) in [6.45, 7) is 2.75. The van der Waals surface area contributed by atoms with Gasteiger partial charge in [0.15, 0.2) is 6.61 Å². The molecular weight excluding hydrogens is 318 g/mol. The summed E-state index contributed by atoms with van der Waals surface area (Å²) in [5.74, 6) is 0.705. The van der Waals surface area contributed by atoms with Gasteiger partial charge < -0.3 is 10.1 Å². The molecule has 0 saturated heterocycles. The van der Waals surface area contributed by atoms with Crippen LogP contribution in [0, 0.1) is 18.3 Å². The lowest BCUT2D eigenvalue weighted by atomic mass is 10.2. The van der Waals surface area contributed by atoms with E-state index in [1.807, 2.05) is 49.4 Å². The molecule has 0 bridgehead atoms. The Bertz CT molecular complexity index is 620. The van der Waals surface area contributed by atoms with Gasteiger partial charge in [-0.2, -0.15) is 5.26 Å². The fourth-order valence-electron chi connectivity index (χ4n) is 1.73. The summed E-state index contributed by atoms with van der Waals surface area (Å²) in [4.78, 5) is 4.34. The zero-order chi connectivity index (χ0) is 14.4. The molecule has 0 atom stereocenters. The second kappa shape index (κ2) is 6.92. The van der Waals surface area contributed by atoms with Gasteiger partial charge in [0.2, 0.25) is 0 Å². The van der Waals surface area contributed by atoms with Crippen molar-refractivity contribution in [1.82, 2.24) is 4.98 Å². The van der Waals surface area contributed by atoms with Crippen LogP contribution in [0.3, 0.4) is 0 Å². The third-order valence-corrected chi connectivity index (χ3v) is 3.20. The van der Waals surface area contributed by atoms with E-state index in [9.17, 15) is 0 Å². The number of aromatic nitrogens is 1. The molecule has 0 radical (unpaired) electrons. The molecule has 2 aromatic rings. The van der Waals surface area contributed by atoms with Crippen molar-refractivity contribution in [3.8, 4) is 11.8 Å². The van der Waals surface area contributed by atoms with E-state index in [2.05, 4.69) is 26.2 Å². The Kier molecular flexibility index (Phi) is 4.97. The summed E-state index contributed by atoms with van der Waals surface area (Å²) in [6.07, 6.45) is 0. The lowest BCUT2D eigenvalue weighted by Gasteiger charge is -2.09. The Hall–Kier alpha value is -2.06. The SMILES string of the molecule is Cc1nc(Br)ccc1NCc1ccc(OCC#N)cc1. The topological polar surface area (TPSA) is 57.9 Å². The van der Waals surface area contributed by atoms with Crippen molar-refractivity contribution in [2.24, 2.45) is 0 Å². The first-order chi connectivity index (χ1) is 9.69. The number of hydrogen-bond donors (Lipinski definition) is 1. The first-order valence-electron chi connectivity index (χ1n) is 6.15. The van der Waals surface area contributed by atoms with E-state index in [4.69, 9.17) is 10.00 Å². The molecule has 0 aliphatic rings. The van der Waals surface area contributed by atoms with Crippen LogP contribution in [-0.2, 0) is 6.54 Å². The van der Waals surface area contributed by atoms with E-state index in [1.165, 1.54) is 0 Å². The number of nitriles is 1. The minimum atomic E-state index is 0.0708. The zero-order valence-corrected chi connectivity index (χ0v) is 12.6. The number of nitrogens with zero attached hydrogens (tertiary/aromatic N) is 2. The third kappa shape index (κ3) is 3.97. The Balaban J connectivity index is 1.95. The predicted octanol–water partition coefficient (Wildman–Crippen LogP) is 3.67. The van der Waals surface area contributed by atoms with E-state index in [0.717, 1.165) is 21.5 Å². The van der Waals surface area contributed by atoms with Gasteiger partial charge in [-0.1, -0.05) is 12.1 Å². The highest BCUT2D eigenvalue weighted by atomic mass is 79.9. The smallest absolute Gasteiger partial charge is 0.174 e. The summed E-state index contributed by atoms with van der Waals surface area (Å²) in [5, 5.41) is 11.8. The number of pyridine rings is 1. The van der Waals surface area contributed by atoms with Gasteiger partial charge in [0.25, 0.3) is 0 Å². The lowest BCUT2D eigenvalue weighted by Crippen LogP contribution is -2.02. The first-order valence-corrected chi connectivity index (χ1v) is 6.94. The molecule has 0 unspecified atom stereocenters. The van der Waals surface area contributed by atoms with Crippen molar-refractivity contribution >= 4 is 21.6 Å². The highest BCUT2D eigenvalue weighted by Gasteiger charge is 2.01. The zero-order valence-electron chi connectivity index (χ0n) is 11.1. The molecule has 1 N–H and O–H groups in total. The van der Waals surface area contributed by atoms with Crippen LogP contribution < -0.4 is 10.1 Å². The Morgan fingerprint density at radius 1 is 1.25 bits per heavy atom. The summed E-state index contributed by atoms with van der Waals surface area (Å²) >= 11 is 3.35. The molecule has 0 fully saturated rings. The van der Waals surface area contributed by atoms with E-state index in [-0.39, 0.29) is 6.61 Å². The van der Waals surface area contributed by atoms with Crippen LogP contribution in [0.1, 0.15) is 11.3 Å². The van der Waals surface area contributed by atoms with Crippen LogP contribution in [0.5, 0.6) is 5.75 Å². The lowest BCUT2D eigenvalue weighted by molar-refractivity contribution is 0.368. The van der Waals surface area contributed by atoms with Crippen molar-refractivity contribution in [1.29, 1.82) is 5.26 Å². The van der Waals surface area contributed by atoms with Crippen LogP contribution in [0.2, 0.25) is 0 Å². The Morgan fingerprint density at radius 3 is 2.65 bits per heavy atom. The fourth-order valence-corrected chi connectivity index (χ4v) is 2.13. The summed E-state index contributed by atoms with van der Waals surface area (Å²) in [7, 11) is 0. The van der Waals surface area contributed by atoms with Gasteiger partial charge in [-0.3, -0.25) is 0 Å². The van der Waals surface area contributed by atoms with Crippen LogP contribution >= 0.6 is 15.9 Å². The molecule has 5 heteroatoms. The summed E-state index contributed by atoms with van der Waals surface area (Å²) in [6, 6.07) is 13.5. The number of nitrogens with one attached hydrogen (secondary N) is 1. The molecule has 1 aromatic heterocycles. The number of hydrogen-bond acceptors (Lipinski definition) is 4. The van der Waals surface area contributed by atoms with Crippen molar-refractivity contribution in [2.45, 2.75) is 13.5 Å². The summed E-state index contributed by atoms with van der Waals surface area (Å²) in [5.41, 5.74) is 3.10. The average molecular weight is 332 g/mol. The number of rotatable bonds is 5. The fraction of sp³-hybridized carbons (Fsp3) is 0.200. The molecular formula is C15H14BrN3O. The molecule has 2 rings (SSSR count). The molecule has 4 nitrogen and oxygen atoms in total. The molecule has 0 aliphatic carbocycles. The van der Waals surface area contributed by atoms with Crippen molar-refractivity contribution in [3.05, 3.63) is 52.3 Å². The van der Waals surface area contributed by atoms with E-state index in [1.54, 1.807) is 0 Å². The van der Waals surface area contributed by atoms with Gasteiger partial charge in [-0.15, -0.1) is 0 Å². The molecule has 0 amide bonds. The molecule has 20 heavy (non-hydrogen) atoms. The minimum absolute atomic E-state index is 0.0708. The van der Waals surface area contributed by atoms with Gasteiger partial charge in [-0.05, 0) is 52.7 Å². The van der Waals surface area contributed by atoms with Gasteiger partial charge in [0.05, 0.1) is 11.4 Å². The normalized spacial score (nSPS) is 9.85. The maximum Gasteiger partial charge on any atom is 0.174 e. The van der Waals surface area contributed by atoms with E-state index < -0.39 is 0 Å². The van der Waals surface area contributed by atoms with Crippen molar-refractivity contribution < 1.29 is 4.74 Å².